The summed E-state index contributed by atoms with van der Waals surface area (Å²) >= 11 is 2.06. The molecule has 0 bridgehead atoms. The van der Waals surface area contributed by atoms with Crippen LogP contribution in [0.3, 0.4) is 0 Å². The van der Waals surface area contributed by atoms with E-state index in [2.05, 4.69) is 22.6 Å². The molecule has 1 N–H and O–H groups in total. The second-order valence-electron chi connectivity index (χ2n) is 4.38. The molecular weight excluding hydrogens is 424 g/mol. The van der Waals surface area contributed by atoms with E-state index in [1.165, 1.54) is 12.1 Å². The highest BCUT2D eigenvalue weighted by Gasteiger charge is 2.29. The Balaban J connectivity index is 2.30. The lowest BCUT2D eigenvalue weighted by molar-refractivity contribution is -0.0328. The number of halogens is 4. The highest BCUT2D eigenvalue weighted by Crippen LogP contribution is 2.37. The van der Waals surface area contributed by atoms with Crippen molar-refractivity contribution in [2.24, 2.45) is 0 Å². The first-order chi connectivity index (χ1) is 10.4. The molecule has 0 amide bonds. The van der Waals surface area contributed by atoms with Crippen LogP contribution in [0.25, 0.3) is 5.57 Å². The van der Waals surface area contributed by atoms with Crippen molar-refractivity contribution in [3.05, 3.63) is 69.3 Å². The Hall–Kier alpha value is -0.990. The van der Waals surface area contributed by atoms with Gasteiger partial charge in [-0.15, -0.1) is 0 Å². The van der Waals surface area contributed by atoms with Crippen LogP contribution in [0, 0.1) is 3.57 Å². The molecule has 0 radical (unpaired) electrons. The summed E-state index contributed by atoms with van der Waals surface area (Å²) in [5.74, 6) is 0. The van der Waals surface area contributed by atoms with Crippen LogP contribution >= 0.6 is 34.4 Å². The second kappa shape index (κ2) is 7.52. The molecule has 6 heteroatoms. The monoisotopic (exact) mass is 436 g/mol. The predicted molar refractivity (Wildman–Crippen MR) is 91.7 cm³/mol. The van der Waals surface area contributed by atoms with Gasteiger partial charge < -0.3 is 5.11 Å². The highest BCUT2D eigenvalue weighted by molar-refractivity contribution is 14.1. The summed E-state index contributed by atoms with van der Waals surface area (Å²) in [6.45, 7) is -0.139. The Bertz CT molecular complexity index is 649. The van der Waals surface area contributed by atoms with Gasteiger partial charge in [-0.2, -0.15) is 13.2 Å². The van der Waals surface area contributed by atoms with Crippen LogP contribution in [0.2, 0.25) is 0 Å². The largest absolute Gasteiger partial charge is 0.446 e. The SMILES string of the molecule is OCC=C(c1ccc(I)cc1)c1ccc(SC(F)(F)F)cc1. The third-order valence-electron chi connectivity index (χ3n) is 2.85. The molecule has 2 aromatic rings. The molecule has 116 valence electrons. The fraction of sp³-hybridized carbons (Fsp3) is 0.125. The normalized spacial score (nSPS) is 12.5. The number of benzene rings is 2. The van der Waals surface area contributed by atoms with Crippen LogP contribution in [-0.2, 0) is 0 Å². The quantitative estimate of drug-likeness (QED) is 0.517. The molecule has 0 unspecified atom stereocenters. The number of aliphatic hydroxyl groups is 1. The summed E-state index contributed by atoms with van der Waals surface area (Å²) in [6.07, 6.45) is 1.65. The first-order valence-corrected chi connectivity index (χ1v) is 8.22. The van der Waals surface area contributed by atoms with Gasteiger partial charge >= 0.3 is 5.51 Å². The van der Waals surface area contributed by atoms with Crippen molar-refractivity contribution in [3.63, 3.8) is 0 Å². The maximum Gasteiger partial charge on any atom is 0.446 e. The molecule has 0 saturated carbocycles. The predicted octanol–water partition coefficient (Wildman–Crippen LogP) is 5.33. The van der Waals surface area contributed by atoms with E-state index >= 15 is 0 Å². The molecule has 0 aromatic heterocycles. The zero-order valence-corrected chi connectivity index (χ0v) is 14.2. The van der Waals surface area contributed by atoms with Gasteiger partial charge in [-0.1, -0.05) is 30.3 Å². The highest BCUT2D eigenvalue weighted by atomic mass is 127. The van der Waals surface area contributed by atoms with Crippen LogP contribution < -0.4 is 0 Å². The molecule has 0 aliphatic rings. The minimum absolute atomic E-state index is 0.138. The number of rotatable bonds is 4. The summed E-state index contributed by atoms with van der Waals surface area (Å²) in [4.78, 5) is 0.141. The molecule has 0 atom stereocenters. The fourth-order valence-corrected chi connectivity index (χ4v) is 2.86. The van der Waals surface area contributed by atoms with E-state index in [-0.39, 0.29) is 23.3 Å². The lowest BCUT2D eigenvalue weighted by atomic mass is 9.98. The summed E-state index contributed by atoms with van der Waals surface area (Å²) in [6, 6.07) is 13.9. The van der Waals surface area contributed by atoms with Crippen LogP contribution in [0.4, 0.5) is 13.2 Å². The third kappa shape index (κ3) is 5.03. The van der Waals surface area contributed by atoms with Crippen LogP contribution in [0.1, 0.15) is 11.1 Å². The van der Waals surface area contributed by atoms with E-state index < -0.39 is 5.51 Å². The molecule has 22 heavy (non-hydrogen) atoms. The van der Waals surface area contributed by atoms with Crippen molar-refractivity contribution < 1.29 is 18.3 Å². The Labute approximate surface area is 144 Å². The van der Waals surface area contributed by atoms with E-state index in [0.717, 1.165) is 20.3 Å². The standard InChI is InChI=1S/C16H12F3IOS/c17-16(18,19)22-14-7-3-12(4-8-14)15(9-10-21)11-1-5-13(20)6-2-11/h1-9,21H,10H2. The molecule has 0 saturated heterocycles. The van der Waals surface area contributed by atoms with Gasteiger partial charge in [0.2, 0.25) is 0 Å². The Morgan fingerprint density at radius 1 is 1.00 bits per heavy atom. The summed E-state index contributed by atoms with van der Waals surface area (Å²) in [5, 5.41) is 9.19. The molecule has 1 nitrogen and oxygen atoms in total. The van der Waals surface area contributed by atoms with Crippen molar-refractivity contribution in [3.8, 4) is 0 Å². The first kappa shape index (κ1) is 17.4. The van der Waals surface area contributed by atoms with Crippen molar-refractivity contribution in [1.82, 2.24) is 0 Å². The van der Waals surface area contributed by atoms with Crippen molar-refractivity contribution in [2.75, 3.05) is 6.61 Å². The number of aliphatic hydroxyl groups excluding tert-OH is 1. The number of hydrogen-bond donors (Lipinski definition) is 1. The minimum atomic E-state index is -4.29. The summed E-state index contributed by atoms with van der Waals surface area (Å²) < 4.78 is 38.1. The maximum atomic E-state index is 12.3. The van der Waals surface area contributed by atoms with Gasteiger partial charge in [0.05, 0.1) is 6.61 Å². The molecule has 2 aromatic carbocycles. The van der Waals surface area contributed by atoms with Crippen LogP contribution in [0.5, 0.6) is 0 Å². The lowest BCUT2D eigenvalue weighted by Gasteiger charge is -2.10. The van der Waals surface area contributed by atoms with E-state index in [0.29, 0.717) is 0 Å². The van der Waals surface area contributed by atoms with Gasteiger partial charge in [0.25, 0.3) is 0 Å². The van der Waals surface area contributed by atoms with Gasteiger partial charge in [0.15, 0.2) is 0 Å². The molecule has 0 aliphatic heterocycles. The number of alkyl halides is 3. The van der Waals surface area contributed by atoms with Gasteiger partial charge in [-0.3, -0.25) is 0 Å². The fourth-order valence-electron chi connectivity index (χ4n) is 1.96. The van der Waals surface area contributed by atoms with E-state index in [9.17, 15) is 18.3 Å². The van der Waals surface area contributed by atoms with Crippen molar-refractivity contribution in [1.29, 1.82) is 0 Å². The Morgan fingerprint density at radius 3 is 1.95 bits per heavy atom. The van der Waals surface area contributed by atoms with Crippen LogP contribution in [0.15, 0.2) is 59.5 Å². The first-order valence-electron chi connectivity index (χ1n) is 6.32. The Morgan fingerprint density at radius 2 is 1.50 bits per heavy atom. The topological polar surface area (TPSA) is 20.2 Å². The van der Waals surface area contributed by atoms with Crippen molar-refractivity contribution >= 4 is 39.9 Å². The summed E-state index contributed by atoms with van der Waals surface area (Å²) in [5.41, 5.74) is -1.82. The average molecular weight is 436 g/mol. The number of thioether (sulfide) groups is 1. The minimum Gasteiger partial charge on any atom is -0.392 e. The van der Waals surface area contributed by atoms with Gasteiger partial charge in [0.1, 0.15) is 0 Å². The van der Waals surface area contributed by atoms with Crippen molar-refractivity contribution in [2.45, 2.75) is 10.4 Å². The molecule has 0 fully saturated rings. The van der Waals surface area contributed by atoms with Gasteiger partial charge in [0, 0.05) is 8.47 Å². The smallest absolute Gasteiger partial charge is 0.392 e. The molecular formula is C16H12F3IOS. The van der Waals surface area contributed by atoms with E-state index in [1.54, 1.807) is 18.2 Å². The zero-order chi connectivity index (χ0) is 16.2. The van der Waals surface area contributed by atoms with Gasteiger partial charge in [-0.05, 0) is 75.3 Å². The van der Waals surface area contributed by atoms with E-state index in [1.807, 2.05) is 24.3 Å². The van der Waals surface area contributed by atoms with Crippen LogP contribution in [-0.4, -0.2) is 17.2 Å². The summed E-state index contributed by atoms with van der Waals surface area (Å²) in [7, 11) is 0. The molecule has 2 rings (SSSR count). The lowest BCUT2D eigenvalue weighted by Crippen LogP contribution is -1.99. The molecule has 0 spiro atoms. The third-order valence-corrected chi connectivity index (χ3v) is 4.31. The second-order valence-corrected chi connectivity index (χ2v) is 6.76. The molecule has 0 heterocycles. The number of hydrogen-bond acceptors (Lipinski definition) is 2. The Kier molecular flexibility index (Phi) is 5.94. The van der Waals surface area contributed by atoms with E-state index in [4.69, 9.17) is 0 Å². The average Bonchev–Trinajstić information content (AvgIpc) is 2.45. The molecule has 0 aliphatic carbocycles. The zero-order valence-electron chi connectivity index (χ0n) is 11.3. The maximum absolute atomic E-state index is 12.3. The van der Waals surface area contributed by atoms with Gasteiger partial charge in [-0.25, -0.2) is 0 Å².